The molecule has 33 heavy (non-hydrogen) atoms. The number of hydrogen-bond donors (Lipinski definition) is 0. The van der Waals surface area contributed by atoms with E-state index in [-0.39, 0.29) is 11.4 Å². The lowest BCUT2D eigenvalue weighted by atomic mass is 9.86. The predicted molar refractivity (Wildman–Crippen MR) is 135 cm³/mol. The minimum Gasteiger partial charge on any atom is -0.424 e. The number of benzene rings is 2. The molecule has 0 saturated heterocycles. The maximum Gasteiger partial charge on any atom is 0.311 e. The zero-order valence-electron chi connectivity index (χ0n) is 20.4. The topological polar surface area (TPSA) is 57.0 Å². The summed E-state index contributed by atoms with van der Waals surface area (Å²) in [5.41, 5.74) is 2.82. The first-order valence-electron chi connectivity index (χ1n) is 12.2. The summed E-state index contributed by atoms with van der Waals surface area (Å²) in [6.45, 7) is 8.55. The Kier molecular flexibility index (Phi) is 8.90. The van der Waals surface area contributed by atoms with E-state index in [0.29, 0.717) is 28.4 Å². The molecule has 0 N–H and O–H groups in total. The van der Waals surface area contributed by atoms with Crippen molar-refractivity contribution < 1.29 is 9.53 Å². The third-order valence-corrected chi connectivity index (χ3v) is 6.05. The van der Waals surface area contributed by atoms with Crippen LogP contribution in [-0.4, -0.2) is 21.0 Å². The van der Waals surface area contributed by atoms with E-state index in [9.17, 15) is 4.79 Å². The van der Waals surface area contributed by atoms with Gasteiger partial charge in [0, 0.05) is 17.0 Å². The zero-order chi connectivity index (χ0) is 23.8. The van der Waals surface area contributed by atoms with Crippen LogP contribution in [0.2, 0.25) is 5.02 Å². The SMILES string of the molecule is CCCCCCCCCCC(=O)Oc1c(-n2nc3ccc(Cl)cc3n2)cccc1C(C)(C)C. The second kappa shape index (κ2) is 11.6. The molecule has 0 amide bonds. The highest BCUT2D eigenvalue weighted by Gasteiger charge is 2.25. The maximum atomic E-state index is 12.8. The third kappa shape index (κ3) is 7.04. The van der Waals surface area contributed by atoms with Crippen LogP contribution in [0.15, 0.2) is 36.4 Å². The molecule has 0 unspecified atom stereocenters. The Bertz CT molecular complexity index is 1070. The molecule has 1 heterocycles. The average molecular weight is 470 g/mol. The zero-order valence-corrected chi connectivity index (χ0v) is 21.1. The van der Waals surface area contributed by atoms with Gasteiger partial charge in [0.05, 0.1) is 0 Å². The molecule has 0 saturated carbocycles. The molecule has 0 aliphatic rings. The summed E-state index contributed by atoms with van der Waals surface area (Å²) < 4.78 is 5.97. The van der Waals surface area contributed by atoms with Crippen LogP contribution >= 0.6 is 11.6 Å². The number of para-hydroxylation sites is 1. The minimum absolute atomic E-state index is 0.208. The molecule has 0 aliphatic carbocycles. The Morgan fingerprint density at radius 2 is 1.61 bits per heavy atom. The van der Waals surface area contributed by atoms with Crippen LogP contribution in [0.25, 0.3) is 16.7 Å². The number of halogens is 1. The highest BCUT2D eigenvalue weighted by molar-refractivity contribution is 6.31. The van der Waals surface area contributed by atoms with E-state index >= 15 is 0 Å². The van der Waals surface area contributed by atoms with E-state index in [1.165, 1.54) is 43.3 Å². The van der Waals surface area contributed by atoms with Crippen LogP contribution in [-0.2, 0) is 10.2 Å². The number of carbonyl (C=O) groups is 1. The van der Waals surface area contributed by atoms with Crippen LogP contribution in [0.4, 0.5) is 0 Å². The average Bonchev–Trinajstić information content (AvgIpc) is 3.18. The fraction of sp³-hybridized carbons (Fsp3) is 0.519. The van der Waals surface area contributed by atoms with Gasteiger partial charge in [0.2, 0.25) is 0 Å². The Morgan fingerprint density at radius 3 is 2.30 bits per heavy atom. The van der Waals surface area contributed by atoms with Crippen LogP contribution in [0.3, 0.4) is 0 Å². The van der Waals surface area contributed by atoms with Crippen molar-refractivity contribution in [2.24, 2.45) is 0 Å². The van der Waals surface area contributed by atoms with Crippen molar-refractivity contribution in [3.8, 4) is 11.4 Å². The van der Waals surface area contributed by atoms with E-state index in [1.807, 2.05) is 24.3 Å². The predicted octanol–water partition coefficient (Wildman–Crippen LogP) is 7.81. The van der Waals surface area contributed by atoms with Gasteiger partial charge >= 0.3 is 5.97 Å². The Morgan fingerprint density at radius 1 is 0.939 bits per heavy atom. The Balaban J connectivity index is 1.73. The molecule has 0 spiro atoms. The first kappa shape index (κ1) is 25.2. The highest BCUT2D eigenvalue weighted by atomic mass is 35.5. The fourth-order valence-corrected chi connectivity index (χ4v) is 4.11. The van der Waals surface area contributed by atoms with Crippen molar-refractivity contribution in [1.82, 2.24) is 15.0 Å². The van der Waals surface area contributed by atoms with Crippen molar-refractivity contribution in [3.63, 3.8) is 0 Å². The second-order valence-corrected chi connectivity index (χ2v) is 10.2. The largest absolute Gasteiger partial charge is 0.424 e. The molecule has 3 aromatic rings. The summed E-state index contributed by atoms with van der Waals surface area (Å²) in [6.07, 6.45) is 9.92. The number of ether oxygens (including phenoxy) is 1. The monoisotopic (exact) mass is 469 g/mol. The van der Waals surface area contributed by atoms with Gasteiger partial charge in [0.1, 0.15) is 16.7 Å². The maximum absolute atomic E-state index is 12.8. The van der Waals surface area contributed by atoms with Crippen molar-refractivity contribution in [2.75, 3.05) is 0 Å². The van der Waals surface area contributed by atoms with Gasteiger partial charge in [0.15, 0.2) is 5.75 Å². The van der Waals surface area contributed by atoms with Gasteiger partial charge in [-0.1, -0.05) is 96.4 Å². The summed E-state index contributed by atoms with van der Waals surface area (Å²) in [5, 5.41) is 9.78. The third-order valence-electron chi connectivity index (χ3n) is 5.81. The van der Waals surface area contributed by atoms with E-state index < -0.39 is 0 Å². The van der Waals surface area contributed by atoms with Gasteiger partial charge in [-0.2, -0.15) is 0 Å². The van der Waals surface area contributed by atoms with Gasteiger partial charge < -0.3 is 4.74 Å². The minimum atomic E-state index is -0.210. The van der Waals surface area contributed by atoms with Gasteiger partial charge in [-0.15, -0.1) is 15.0 Å². The molecule has 178 valence electrons. The van der Waals surface area contributed by atoms with Crippen molar-refractivity contribution in [2.45, 2.75) is 90.9 Å². The number of nitrogens with zero attached hydrogens (tertiary/aromatic N) is 3. The van der Waals surface area contributed by atoms with E-state index in [0.717, 1.165) is 23.9 Å². The molecular weight excluding hydrogens is 434 g/mol. The van der Waals surface area contributed by atoms with Gasteiger partial charge in [-0.25, -0.2) is 0 Å². The molecule has 0 radical (unpaired) electrons. The molecular formula is C27H36ClN3O2. The quantitative estimate of drug-likeness (QED) is 0.163. The van der Waals surface area contributed by atoms with Gasteiger partial charge in [-0.3, -0.25) is 4.79 Å². The molecule has 3 rings (SSSR count). The number of hydrogen-bond acceptors (Lipinski definition) is 4. The summed E-state index contributed by atoms with van der Waals surface area (Å²) in [5.74, 6) is 0.319. The first-order chi connectivity index (χ1) is 15.8. The normalized spacial score (nSPS) is 11.8. The molecule has 0 bridgehead atoms. The molecule has 2 aromatic carbocycles. The summed E-state index contributed by atoms with van der Waals surface area (Å²) in [7, 11) is 0. The lowest BCUT2D eigenvalue weighted by Crippen LogP contribution is -2.18. The van der Waals surface area contributed by atoms with Gasteiger partial charge in [-0.05, 0) is 36.1 Å². The van der Waals surface area contributed by atoms with Crippen LogP contribution in [0, 0.1) is 0 Å². The summed E-state index contributed by atoms with van der Waals surface area (Å²) >= 11 is 6.12. The highest BCUT2D eigenvalue weighted by Crippen LogP contribution is 2.36. The van der Waals surface area contributed by atoms with Crippen LogP contribution in [0.1, 0.15) is 91.0 Å². The standard InChI is InChI=1S/C27H36ClN3O2/c1-5-6-7-8-9-10-11-12-16-25(32)33-26-21(27(2,3)4)14-13-15-24(26)31-29-22-18-17-20(28)19-23(22)30-31/h13-15,17-19H,5-12,16H2,1-4H3. The smallest absolute Gasteiger partial charge is 0.311 e. The molecule has 6 heteroatoms. The van der Waals surface area contributed by atoms with Gasteiger partial charge in [0.25, 0.3) is 0 Å². The number of rotatable bonds is 11. The molecule has 1 aromatic heterocycles. The lowest BCUT2D eigenvalue weighted by Gasteiger charge is -2.23. The van der Waals surface area contributed by atoms with E-state index in [4.69, 9.17) is 16.3 Å². The molecule has 0 fully saturated rings. The van der Waals surface area contributed by atoms with Crippen molar-refractivity contribution in [3.05, 3.63) is 47.0 Å². The summed E-state index contributed by atoms with van der Waals surface area (Å²) in [6, 6.07) is 11.2. The molecule has 0 aliphatic heterocycles. The molecule has 0 atom stereocenters. The number of aromatic nitrogens is 3. The van der Waals surface area contributed by atoms with E-state index in [1.54, 1.807) is 12.1 Å². The van der Waals surface area contributed by atoms with Crippen LogP contribution in [0.5, 0.6) is 5.75 Å². The number of fused-ring (bicyclic) bond motifs is 1. The Hall–Kier alpha value is -2.40. The summed E-state index contributed by atoms with van der Waals surface area (Å²) in [4.78, 5) is 14.3. The number of esters is 1. The number of carbonyl (C=O) groups excluding carboxylic acids is 1. The van der Waals surface area contributed by atoms with Crippen molar-refractivity contribution in [1.29, 1.82) is 0 Å². The Labute approximate surface area is 202 Å². The lowest BCUT2D eigenvalue weighted by molar-refractivity contribution is -0.134. The second-order valence-electron chi connectivity index (χ2n) is 9.73. The van der Waals surface area contributed by atoms with E-state index in [2.05, 4.69) is 37.9 Å². The van der Waals surface area contributed by atoms with Crippen LogP contribution < -0.4 is 4.74 Å². The fourth-order valence-electron chi connectivity index (χ4n) is 3.94. The number of unbranched alkanes of at least 4 members (excludes halogenated alkanes) is 7. The first-order valence-corrected chi connectivity index (χ1v) is 12.5. The van der Waals surface area contributed by atoms with Crippen molar-refractivity contribution >= 4 is 28.6 Å². The molecule has 5 nitrogen and oxygen atoms in total.